The molecule has 4 heteroatoms. The fraction of sp³-hybridized carbons (Fsp3) is 0.231. The predicted molar refractivity (Wildman–Crippen MR) is 65.8 cm³/mol. The topological polar surface area (TPSA) is 61.0 Å². The maximum Gasteiger partial charge on any atom is 0.137 e. The Morgan fingerprint density at radius 2 is 2.12 bits per heavy atom. The molecule has 0 saturated carbocycles. The lowest BCUT2D eigenvalue weighted by atomic mass is 10.1. The van der Waals surface area contributed by atoms with E-state index in [0.29, 0.717) is 5.75 Å². The van der Waals surface area contributed by atoms with Crippen LogP contribution in [0.4, 0.5) is 0 Å². The number of aromatic nitrogens is 2. The normalized spacial score (nSPS) is 12.2. The van der Waals surface area contributed by atoms with E-state index in [2.05, 4.69) is 9.97 Å². The van der Waals surface area contributed by atoms with Gasteiger partial charge in [-0.25, -0.2) is 0 Å². The average molecular weight is 229 g/mol. The number of aryl methyl sites for hydroxylation is 1. The molecule has 2 N–H and O–H groups in total. The summed E-state index contributed by atoms with van der Waals surface area (Å²) in [6.45, 7) is 1.94. The van der Waals surface area contributed by atoms with Crippen molar-refractivity contribution in [2.75, 3.05) is 7.11 Å². The second-order valence-corrected chi connectivity index (χ2v) is 3.84. The van der Waals surface area contributed by atoms with Gasteiger partial charge in [-0.2, -0.15) is 0 Å². The van der Waals surface area contributed by atoms with Crippen LogP contribution in [0, 0.1) is 6.92 Å². The van der Waals surface area contributed by atoms with Crippen molar-refractivity contribution in [3.63, 3.8) is 0 Å². The van der Waals surface area contributed by atoms with Crippen LogP contribution >= 0.6 is 0 Å². The molecule has 4 nitrogen and oxygen atoms in total. The Morgan fingerprint density at radius 1 is 1.29 bits per heavy atom. The lowest BCUT2D eigenvalue weighted by Crippen LogP contribution is -2.14. The maximum absolute atomic E-state index is 6.15. The smallest absolute Gasteiger partial charge is 0.137 e. The first kappa shape index (κ1) is 11.5. The molecule has 2 aromatic heterocycles. The highest BCUT2D eigenvalue weighted by Crippen LogP contribution is 2.20. The van der Waals surface area contributed by atoms with Crippen LogP contribution in [-0.2, 0) is 0 Å². The van der Waals surface area contributed by atoms with Crippen molar-refractivity contribution in [2.24, 2.45) is 5.73 Å². The standard InChI is InChI=1S/C13H15N3O/c1-9-4-3-5-12(16-9)13(14)10-6-11(17-2)8-15-7-10/h3-8,13H,14H2,1-2H3. The van der Waals surface area contributed by atoms with Crippen LogP contribution < -0.4 is 10.5 Å². The minimum atomic E-state index is -0.280. The first-order valence-corrected chi connectivity index (χ1v) is 5.39. The van der Waals surface area contributed by atoms with Crippen molar-refractivity contribution in [1.82, 2.24) is 9.97 Å². The largest absolute Gasteiger partial charge is 0.495 e. The number of hydrogen-bond acceptors (Lipinski definition) is 4. The second kappa shape index (κ2) is 4.93. The third-order valence-corrected chi connectivity index (χ3v) is 2.56. The van der Waals surface area contributed by atoms with Gasteiger partial charge < -0.3 is 10.5 Å². The molecule has 2 rings (SSSR count). The molecule has 0 aliphatic carbocycles. The van der Waals surface area contributed by atoms with Crippen molar-refractivity contribution in [3.8, 4) is 5.75 Å². The van der Waals surface area contributed by atoms with Gasteiger partial charge in [0.15, 0.2) is 0 Å². The monoisotopic (exact) mass is 229 g/mol. The van der Waals surface area contributed by atoms with Crippen LogP contribution in [0.3, 0.4) is 0 Å². The van der Waals surface area contributed by atoms with Crippen molar-refractivity contribution in [2.45, 2.75) is 13.0 Å². The third-order valence-electron chi connectivity index (χ3n) is 2.56. The molecule has 88 valence electrons. The Bertz CT molecular complexity index is 514. The Labute approximate surface area is 100 Å². The van der Waals surface area contributed by atoms with Gasteiger partial charge in [-0.15, -0.1) is 0 Å². The van der Waals surface area contributed by atoms with Crippen molar-refractivity contribution in [3.05, 3.63) is 53.6 Å². The first-order valence-electron chi connectivity index (χ1n) is 5.39. The van der Waals surface area contributed by atoms with Gasteiger partial charge in [0.05, 0.1) is 25.0 Å². The van der Waals surface area contributed by atoms with E-state index in [4.69, 9.17) is 10.5 Å². The number of nitrogens with two attached hydrogens (primary N) is 1. The molecule has 0 aromatic carbocycles. The average Bonchev–Trinajstić information content (AvgIpc) is 2.38. The summed E-state index contributed by atoms with van der Waals surface area (Å²) in [5.74, 6) is 0.700. The number of methoxy groups -OCH3 is 1. The lowest BCUT2D eigenvalue weighted by Gasteiger charge is -2.12. The second-order valence-electron chi connectivity index (χ2n) is 3.84. The van der Waals surface area contributed by atoms with Gasteiger partial charge >= 0.3 is 0 Å². The van der Waals surface area contributed by atoms with E-state index < -0.39 is 0 Å². The van der Waals surface area contributed by atoms with Crippen LogP contribution in [-0.4, -0.2) is 17.1 Å². The van der Waals surface area contributed by atoms with Gasteiger partial charge in [0.2, 0.25) is 0 Å². The molecule has 2 aromatic rings. The molecule has 2 heterocycles. The summed E-state index contributed by atoms with van der Waals surface area (Å²) in [5, 5.41) is 0. The SMILES string of the molecule is COc1cncc(C(N)c2cccc(C)n2)c1. The predicted octanol–water partition coefficient (Wildman–Crippen LogP) is 1.84. The molecule has 1 atom stereocenters. The minimum absolute atomic E-state index is 0.280. The van der Waals surface area contributed by atoms with E-state index in [1.54, 1.807) is 19.5 Å². The molecular formula is C13H15N3O. The lowest BCUT2D eigenvalue weighted by molar-refractivity contribution is 0.412. The summed E-state index contributed by atoms with van der Waals surface area (Å²) in [5.41, 5.74) is 8.83. The van der Waals surface area contributed by atoms with Crippen LogP contribution in [0.25, 0.3) is 0 Å². The van der Waals surface area contributed by atoms with Crippen LogP contribution in [0.15, 0.2) is 36.7 Å². The Morgan fingerprint density at radius 3 is 2.82 bits per heavy atom. The number of pyridine rings is 2. The number of nitrogens with zero attached hydrogens (tertiary/aromatic N) is 2. The van der Waals surface area contributed by atoms with Gasteiger partial charge in [0.1, 0.15) is 5.75 Å². The zero-order chi connectivity index (χ0) is 12.3. The Hall–Kier alpha value is -1.94. The summed E-state index contributed by atoms with van der Waals surface area (Å²) < 4.78 is 5.13. The molecule has 1 unspecified atom stereocenters. The fourth-order valence-corrected chi connectivity index (χ4v) is 1.63. The zero-order valence-corrected chi connectivity index (χ0v) is 9.92. The van der Waals surface area contributed by atoms with Crippen LogP contribution in [0.2, 0.25) is 0 Å². The quantitative estimate of drug-likeness (QED) is 0.872. The number of ether oxygens (including phenoxy) is 1. The summed E-state index contributed by atoms with van der Waals surface area (Å²) in [4.78, 5) is 8.50. The maximum atomic E-state index is 6.15. The van der Waals surface area contributed by atoms with E-state index in [1.165, 1.54) is 0 Å². The van der Waals surface area contributed by atoms with Crippen LogP contribution in [0.1, 0.15) is 23.0 Å². The van der Waals surface area contributed by atoms with E-state index in [0.717, 1.165) is 17.0 Å². The highest BCUT2D eigenvalue weighted by atomic mass is 16.5. The van der Waals surface area contributed by atoms with E-state index in [9.17, 15) is 0 Å². The molecular weight excluding hydrogens is 214 g/mol. The molecule has 0 radical (unpaired) electrons. The summed E-state index contributed by atoms with van der Waals surface area (Å²) >= 11 is 0. The fourth-order valence-electron chi connectivity index (χ4n) is 1.63. The Kier molecular flexibility index (Phi) is 3.35. The van der Waals surface area contributed by atoms with Crippen molar-refractivity contribution < 1.29 is 4.74 Å². The van der Waals surface area contributed by atoms with Gasteiger partial charge in [0.25, 0.3) is 0 Å². The summed E-state index contributed by atoms with van der Waals surface area (Å²) in [6, 6.07) is 7.40. The van der Waals surface area contributed by atoms with Gasteiger partial charge in [-0.1, -0.05) is 6.07 Å². The molecule has 0 saturated heterocycles. The molecule has 0 fully saturated rings. The zero-order valence-electron chi connectivity index (χ0n) is 9.92. The molecule has 0 spiro atoms. The van der Waals surface area contributed by atoms with Gasteiger partial charge in [-0.05, 0) is 30.7 Å². The number of hydrogen-bond donors (Lipinski definition) is 1. The van der Waals surface area contributed by atoms with E-state index in [-0.39, 0.29) is 6.04 Å². The first-order chi connectivity index (χ1) is 8.20. The Balaban J connectivity index is 2.33. The van der Waals surface area contributed by atoms with Gasteiger partial charge in [0, 0.05) is 11.9 Å². The molecule has 0 bridgehead atoms. The molecule has 17 heavy (non-hydrogen) atoms. The van der Waals surface area contributed by atoms with Crippen molar-refractivity contribution in [1.29, 1.82) is 0 Å². The molecule has 0 aliphatic heterocycles. The summed E-state index contributed by atoms with van der Waals surface area (Å²) in [6.07, 6.45) is 3.39. The van der Waals surface area contributed by atoms with E-state index in [1.807, 2.05) is 31.2 Å². The minimum Gasteiger partial charge on any atom is -0.495 e. The highest BCUT2D eigenvalue weighted by Gasteiger charge is 2.11. The molecule has 0 amide bonds. The van der Waals surface area contributed by atoms with Crippen molar-refractivity contribution >= 4 is 0 Å². The highest BCUT2D eigenvalue weighted by molar-refractivity contribution is 5.31. The van der Waals surface area contributed by atoms with E-state index >= 15 is 0 Å². The third kappa shape index (κ3) is 2.60. The number of rotatable bonds is 3. The summed E-state index contributed by atoms with van der Waals surface area (Å²) in [7, 11) is 1.61. The molecule has 0 aliphatic rings. The van der Waals surface area contributed by atoms with Gasteiger partial charge in [-0.3, -0.25) is 9.97 Å². The van der Waals surface area contributed by atoms with Crippen LogP contribution in [0.5, 0.6) is 5.75 Å².